The summed E-state index contributed by atoms with van der Waals surface area (Å²) in [4.78, 5) is 0. The first-order valence-corrected chi connectivity index (χ1v) is 3.86. The van der Waals surface area contributed by atoms with E-state index in [9.17, 15) is 13.2 Å². The molecular weight excluding hydrogens is 183 g/mol. The van der Waals surface area contributed by atoms with Crippen molar-refractivity contribution in [3.05, 3.63) is 11.8 Å². The number of anilines is 1. The molecule has 0 aromatic carbocycles. The van der Waals surface area contributed by atoms with Gasteiger partial charge in [-0.05, 0) is 6.42 Å². The van der Waals surface area contributed by atoms with Crippen molar-refractivity contribution in [2.45, 2.75) is 26.1 Å². The van der Waals surface area contributed by atoms with Gasteiger partial charge in [0.25, 0.3) is 0 Å². The van der Waals surface area contributed by atoms with Crippen LogP contribution in [-0.4, -0.2) is 9.78 Å². The van der Waals surface area contributed by atoms with Gasteiger partial charge in [0.15, 0.2) is 0 Å². The van der Waals surface area contributed by atoms with E-state index in [1.807, 2.05) is 0 Å². The first-order valence-electron chi connectivity index (χ1n) is 3.86. The molecule has 0 aliphatic carbocycles. The molecule has 0 radical (unpaired) electrons. The van der Waals surface area contributed by atoms with Gasteiger partial charge in [-0.1, -0.05) is 13.3 Å². The van der Waals surface area contributed by atoms with E-state index < -0.39 is 6.30 Å². The molecule has 0 amide bonds. The summed E-state index contributed by atoms with van der Waals surface area (Å²) in [6.45, 7) is 1.80. The van der Waals surface area contributed by atoms with Crippen molar-refractivity contribution in [3.63, 3.8) is 0 Å². The van der Waals surface area contributed by atoms with E-state index in [0.717, 1.165) is 0 Å². The molecule has 1 aromatic rings. The third kappa shape index (κ3) is 2.13. The molecule has 3 nitrogen and oxygen atoms in total. The van der Waals surface area contributed by atoms with Crippen molar-refractivity contribution in [2.24, 2.45) is 0 Å². The molecule has 74 valence electrons. The summed E-state index contributed by atoms with van der Waals surface area (Å²) >= 11 is 0. The lowest BCUT2D eigenvalue weighted by molar-refractivity contribution is -0.213. The Labute approximate surface area is 73.3 Å². The van der Waals surface area contributed by atoms with Crippen LogP contribution in [0, 0.1) is 0 Å². The van der Waals surface area contributed by atoms with Crippen LogP contribution in [-0.2, 0) is 12.7 Å². The van der Waals surface area contributed by atoms with Gasteiger partial charge in [0.05, 0.1) is 0 Å². The molecule has 0 bridgehead atoms. The zero-order valence-corrected chi connectivity index (χ0v) is 7.10. The molecule has 2 N–H and O–H groups in total. The van der Waals surface area contributed by atoms with Gasteiger partial charge < -0.3 is 5.73 Å². The zero-order valence-electron chi connectivity index (χ0n) is 7.10. The average Bonchev–Trinajstić information content (AvgIpc) is 2.30. The second-order valence-corrected chi connectivity index (χ2v) is 2.69. The van der Waals surface area contributed by atoms with Gasteiger partial charge in [-0.15, -0.1) is 18.3 Å². The predicted molar refractivity (Wildman–Crippen MR) is 41.9 cm³/mol. The maximum absolute atomic E-state index is 12.2. The van der Waals surface area contributed by atoms with Crippen LogP contribution in [0.15, 0.2) is 6.07 Å². The van der Waals surface area contributed by atoms with Crippen LogP contribution in [0.3, 0.4) is 0 Å². The molecule has 0 unspecified atom stereocenters. The molecule has 0 aliphatic heterocycles. The molecule has 0 saturated carbocycles. The number of alkyl halides is 3. The number of nitrogen functional groups attached to an aromatic ring is 1. The summed E-state index contributed by atoms with van der Waals surface area (Å²) in [5.74, 6) is -0.0965. The Hall–Kier alpha value is -1.20. The van der Waals surface area contributed by atoms with Crippen LogP contribution in [0.2, 0.25) is 0 Å². The van der Waals surface area contributed by atoms with Crippen LogP contribution < -0.4 is 5.73 Å². The summed E-state index contributed by atoms with van der Waals surface area (Å²) in [6, 6.07) is 1.25. The Balaban J connectivity index is 3.04. The summed E-state index contributed by atoms with van der Waals surface area (Å²) in [6.07, 6.45) is -3.52. The van der Waals surface area contributed by atoms with Crippen molar-refractivity contribution in [1.82, 2.24) is 9.78 Å². The second-order valence-electron chi connectivity index (χ2n) is 2.69. The number of hydrogen-bond acceptors (Lipinski definition) is 2. The van der Waals surface area contributed by atoms with Crippen molar-refractivity contribution in [3.8, 4) is 0 Å². The molecular formula is C7H10F3N3. The number of nitrogens with two attached hydrogens (primary N) is 1. The molecule has 1 rings (SSSR count). The fraction of sp³-hybridized carbons (Fsp3) is 0.571. The standard InChI is InChI=1S/C7H10F3N3/c1-2-3-5-4-6(11)12-13(5)7(8,9)10/h4H,2-3H2,1H3,(H2,11,12). The van der Waals surface area contributed by atoms with E-state index in [0.29, 0.717) is 12.8 Å². The lowest BCUT2D eigenvalue weighted by atomic mass is 10.2. The SMILES string of the molecule is CCCc1cc(N)nn1C(F)(F)F. The van der Waals surface area contributed by atoms with Gasteiger partial charge >= 0.3 is 6.30 Å². The number of hydrogen-bond donors (Lipinski definition) is 1. The normalized spacial score (nSPS) is 12.0. The Morgan fingerprint density at radius 2 is 2.15 bits per heavy atom. The summed E-state index contributed by atoms with van der Waals surface area (Å²) in [5.41, 5.74) is 5.28. The van der Waals surface area contributed by atoms with Gasteiger partial charge in [0.2, 0.25) is 0 Å². The highest BCUT2D eigenvalue weighted by Gasteiger charge is 2.34. The topological polar surface area (TPSA) is 43.8 Å². The van der Waals surface area contributed by atoms with Crippen molar-refractivity contribution >= 4 is 5.82 Å². The van der Waals surface area contributed by atoms with Gasteiger partial charge in [-0.3, -0.25) is 0 Å². The Bertz CT molecular complexity index is 290. The van der Waals surface area contributed by atoms with E-state index in [4.69, 9.17) is 5.73 Å². The van der Waals surface area contributed by atoms with E-state index in [1.54, 1.807) is 6.92 Å². The van der Waals surface area contributed by atoms with Gasteiger partial charge in [-0.2, -0.15) is 4.68 Å². The second kappa shape index (κ2) is 3.27. The van der Waals surface area contributed by atoms with E-state index in [2.05, 4.69) is 5.10 Å². The highest BCUT2D eigenvalue weighted by Crippen LogP contribution is 2.25. The van der Waals surface area contributed by atoms with Crippen LogP contribution in [0.1, 0.15) is 19.0 Å². The predicted octanol–water partition coefficient (Wildman–Crippen LogP) is 1.89. The molecule has 0 saturated heterocycles. The lowest BCUT2D eigenvalue weighted by Gasteiger charge is -2.09. The van der Waals surface area contributed by atoms with Crippen LogP contribution in [0.5, 0.6) is 0 Å². The van der Waals surface area contributed by atoms with Crippen LogP contribution >= 0.6 is 0 Å². The number of rotatable bonds is 2. The summed E-state index contributed by atoms with van der Waals surface area (Å²) in [7, 11) is 0. The van der Waals surface area contributed by atoms with E-state index in [1.165, 1.54) is 6.07 Å². The minimum absolute atomic E-state index is 0.0197. The average molecular weight is 193 g/mol. The third-order valence-electron chi connectivity index (χ3n) is 1.55. The lowest BCUT2D eigenvalue weighted by Crippen LogP contribution is -2.20. The smallest absolute Gasteiger partial charge is 0.382 e. The first kappa shape index (κ1) is 9.88. The molecule has 1 heterocycles. The number of aryl methyl sites for hydroxylation is 1. The van der Waals surface area contributed by atoms with E-state index in [-0.39, 0.29) is 16.2 Å². The molecule has 0 spiro atoms. The highest BCUT2D eigenvalue weighted by atomic mass is 19.4. The third-order valence-corrected chi connectivity index (χ3v) is 1.55. The number of aromatic nitrogens is 2. The molecule has 0 aliphatic rings. The maximum atomic E-state index is 12.2. The Morgan fingerprint density at radius 3 is 2.62 bits per heavy atom. The Morgan fingerprint density at radius 1 is 1.54 bits per heavy atom. The highest BCUT2D eigenvalue weighted by molar-refractivity contribution is 5.29. The molecule has 1 aromatic heterocycles. The zero-order chi connectivity index (χ0) is 10.1. The van der Waals surface area contributed by atoms with Gasteiger partial charge in [0.1, 0.15) is 5.82 Å². The van der Waals surface area contributed by atoms with E-state index >= 15 is 0 Å². The molecule has 0 fully saturated rings. The summed E-state index contributed by atoms with van der Waals surface area (Å²) < 4.78 is 36.7. The first-order chi connectivity index (χ1) is 5.95. The van der Waals surface area contributed by atoms with Crippen LogP contribution in [0.25, 0.3) is 0 Å². The van der Waals surface area contributed by atoms with Crippen molar-refractivity contribution < 1.29 is 13.2 Å². The number of nitrogens with zero attached hydrogens (tertiary/aromatic N) is 2. The largest absolute Gasteiger partial charge is 0.504 e. The minimum Gasteiger partial charge on any atom is -0.382 e. The van der Waals surface area contributed by atoms with Crippen LogP contribution in [0.4, 0.5) is 19.0 Å². The molecule has 0 atom stereocenters. The molecule has 6 heteroatoms. The maximum Gasteiger partial charge on any atom is 0.504 e. The Kier molecular flexibility index (Phi) is 2.49. The van der Waals surface area contributed by atoms with Crippen molar-refractivity contribution in [1.29, 1.82) is 0 Å². The molecule has 13 heavy (non-hydrogen) atoms. The van der Waals surface area contributed by atoms with Crippen molar-refractivity contribution in [2.75, 3.05) is 5.73 Å². The fourth-order valence-corrected chi connectivity index (χ4v) is 1.09. The number of halogens is 3. The quantitative estimate of drug-likeness (QED) is 0.779. The van der Waals surface area contributed by atoms with Gasteiger partial charge in [-0.25, -0.2) is 0 Å². The minimum atomic E-state index is -4.47. The van der Waals surface area contributed by atoms with Gasteiger partial charge in [0, 0.05) is 11.8 Å². The monoisotopic (exact) mass is 193 g/mol. The fourth-order valence-electron chi connectivity index (χ4n) is 1.09. The summed E-state index contributed by atoms with van der Waals surface area (Å²) in [5, 5.41) is 3.17.